The van der Waals surface area contributed by atoms with Gasteiger partial charge in [-0.15, -0.1) is 0 Å². The van der Waals surface area contributed by atoms with Gasteiger partial charge in [0.25, 0.3) is 0 Å². The van der Waals surface area contributed by atoms with Gasteiger partial charge in [-0.05, 0) is 37.1 Å². The van der Waals surface area contributed by atoms with Gasteiger partial charge in [0.1, 0.15) is 0 Å². The standard InChI is InChI=1S/C15H23N3O2/c1-3-5-17-14-10-20-9-13(14)15(19)18-8-12-4-6-16-7-11(12)2/h4,6-7,13-14,17H,3,5,8-10H2,1-2H3,(H,18,19). The van der Waals surface area contributed by atoms with E-state index in [0.717, 1.165) is 24.1 Å². The molecule has 1 aliphatic heterocycles. The van der Waals surface area contributed by atoms with Crippen molar-refractivity contribution in [3.05, 3.63) is 29.6 Å². The van der Waals surface area contributed by atoms with Crippen LogP contribution in [0.15, 0.2) is 18.5 Å². The van der Waals surface area contributed by atoms with Crippen LogP contribution in [0.1, 0.15) is 24.5 Å². The number of hydrogen-bond acceptors (Lipinski definition) is 4. The molecule has 2 rings (SSSR count). The summed E-state index contributed by atoms with van der Waals surface area (Å²) in [6, 6.07) is 2.07. The molecule has 110 valence electrons. The molecule has 5 heteroatoms. The molecule has 0 aromatic carbocycles. The molecule has 20 heavy (non-hydrogen) atoms. The van der Waals surface area contributed by atoms with E-state index in [0.29, 0.717) is 19.8 Å². The van der Waals surface area contributed by atoms with E-state index in [2.05, 4.69) is 22.5 Å². The number of aromatic nitrogens is 1. The molecule has 1 amide bonds. The van der Waals surface area contributed by atoms with Gasteiger partial charge in [-0.1, -0.05) is 6.92 Å². The number of nitrogens with one attached hydrogen (secondary N) is 2. The van der Waals surface area contributed by atoms with Crippen molar-refractivity contribution < 1.29 is 9.53 Å². The predicted octanol–water partition coefficient (Wildman–Crippen LogP) is 1.02. The highest BCUT2D eigenvalue weighted by Gasteiger charge is 2.33. The molecule has 2 heterocycles. The first-order valence-corrected chi connectivity index (χ1v) is 7.20. The number of amides is 1. The van der Waals surface area contributed by atoms with Crippen molar-refractivity contribution in [2.24, 2.45) is 5.92 Å². The van der Waals surface area contributed by atoms with E-state index in [1.54, 1.807) is 6.20 Å². The van der Waals surface area contributed by atoms with Crippen LogP contribution in [0.4, 0.5) is 0 Å². The van der Waals surface area contributed by atoms with Gasteiger partial charge < -0.3 is 15.4 Å². The molecule has 0 aliphatic carbocycles. The Hall–Kier alpha value is -1.46. The molecule has 0 bridgehead atoms. The molecule has 5 nitrogen and oxygen atoms in total. The molecular formula is C15H23N3O2. The maximum absolute atomic E-state index is 12.3. The van der Waals surface area contributed by atoms with Crippen LogP contribution in [0.5, 0.6) is 0 Å². The quantitative estimate of drug-likeness (QED) is 0.815. The first-order chi connectivity index (χ1) is 9.72. The van der Waals surface area contributed by atoms with E-state index in [4.69, 9.17) is 4.74 Å². The summed E-state index contributed by atoms with van der Waals surface area (Å²) in [5, 5.41) is 6.38. The lowest BCUT2D eigenvalue weighted by Crippen LogP contribution is -2.44. The molecular weight excluding hydrogens is 254 g/mol. The van der Waals surface area contributed by atoms with Crippen molar-refractivity contribution in [2.45, 2.75) is 32.9 Å². The third-order valence-electron chi connectivity index (χ3n) is 3.66. The molecule has 1 aromatic rings. The minimum Gasteiger partial charge on any atom is -0.379 e. The third-order valence-corrected chi connectivity index (χ3v) is 3.66. The van der Waals surface area contributed by atoms with Crippen molar-refractivity contribution >= 4 is 5.91 Å². The smallest absolute Gasteiger partial charge is 0.227 e. The fourth-order valence-electron chi connectivity index (χ4n) is 2.36. The summed E-state index contributed by atoms with van der Waals surface area (Å²) in [5.41, 5.74) is 2.20. The molecule has 0 radical (unpaired) electrons. The first-order valence-electron chi connectivity index (χ1n) is 7.20. The summed E-state index contributed by atoms with van der Waals surface area (Å²) in [4.78, 5) is 16.3. The maximum atomic E-state index is 12.3. The van der Waals surface area contributed by atoms with Crippen LogP contribution < -0.4 is 10.6 Å². The predicted molar refractivity (Wildman–Crippen MR) is 77.2 cm³/mol. The number of rotatable bonds is 6. The molecule has 2 unspecified atom stereocenters. The molecule has 0 spiro atoms. The van der Waals surface area contributed by atoms with Gasteiger partial charge in [-0.25, -0.2) is 0 Å². The molecule has 2 atom stereocenters. The number of nitrogens with zero attached hydrogens (tertiary/aromatic N) is 1. The van der Waals surface area contributed by atoms with Gasteiger partial charge in [-0.3, -0.25) is 9.78 Å². The molecule has 1 aromatic heterocycles. The van der Waals surface area contributed by atoms with E-state index in [9.17, 15) is 4.79 Å². The van der Waals surface area contributed by atoms with Crippen molar-refractivity contribution in [2.75, 3.05) is 19.8 Å². The fraction of sp³-hybridized carbons (Fsp3) is 0.600. The topological polar surface area (TPSA) is 63.2 Å². The van der Waals surface area contributed by atoms with Crippen LogP contribution in [0, 0.1) is 12.8 Å². The molecule has 0 saturated carbocycles. The Labute approximate surface area is 120 Å². The van der Waals surface area contributed by atoms with E-state index in [1.807, 2.05) is 19.2 Å². The number of ether oxygens (including phenoxy) is 1. The van der Waals surface area contributed by atoms with Crippen molar-refractivity contribution in [3.8, 4) is 0 Å². The number of carbonyl (C=O) groups excluding carboxylic acids is 1. The molecule has 1 aliphatic rings. The lowest BCUT2D eigenvalue weighted by Gasteiger charge is -2.18. The lowest BCUT2D eigenvalue weighted by molar-refractivity contribution is -0.125. The monoisotopic (exact) mass is 277 g/mol. The Balaban J connectivity index is 1.86. The van der Waals surface area contributed by atoms with Crippen LogP contribution in [0.3, 0.4) is 0 Å². The van der Waals surface area contributed by atoms with Crippen molar-refractivity contribution in [1.29, 1.82) is 0 Å². The summed E-state index contributed by atoms with van der Waals surface area (Å²) < 4.78 is 5.43. The summed E-state index contributed by atoms with van der Waals surface area (Å²) in [5.74, 6) is -0.0315. The van der Waals surface area contributed by atoms with Crippen LogP contribution >= 0.6 is 0 Å². The molecule has 1 fully saturated rings. The summed E-state index contributed by atoms with van der Waals surface area (Å²) in [6.07, 6.45) is 4.62. The number of aryl methyl sites for hydroxylation is 1. The summed E-state index contributed by atoms with van der Waals surface area (Å²) in [7, 11) is 0. The van der Waals surface area contributed by atoms with Crippen LogP contribution in [0.2, 0.25) is 0 Å². The number of carbonyl (C=O) groups is 1. The Morgan fingerprint density at radius 3 is 3.10 bits per heavy atom. The second kappa shape index (κ2) is 7.36. The number of hydrogen-bond donors (Lipinski definition) is 2. The van der Waals surface area contributed by atoms with Crippen LogP contribution in [0.25, 0.3) is 0 Å². The highest BCUT2D eigenvalue weighted by Crippen LogP contribution is 2.14. The van der Waals surface area contributed by atoms with Crippen LogP contribution in [-0.2, 0) is 16.1 Å². The van der Waals surface area contributed by atoms with E-state index < -0.39 is 0 Å². The third kappa shape index (κ3) is 3.77. The Morgan fingerprint density at radius 1 is 1.50 bits per heavy atom. The van der Waals surface area contributed by atoms with Crippen LogP contribution in [-0.4, -0.2) is 36.7 Å². The second-order valence-electron chi connectivity index (χ2n) is 5.22. The average Bonchev–Trinajstić information content (AvgIpc) is 2.92. The van der Waals surface area contributed by atoms with Gasteiger partial charge >= 0.3 is 0 Å². The van der Waals surface area contributed by atoms with Gasteiger partial charge in [0.2, 0.25) is 5.91 Å². The van der Waals surface area contributed by atoms with E-state index in [1.165, 1.54) is 0 Å². The van der Waals surface area contributed by atoms with E-state index in [-0.39, 0.29) is 17.9 Å². The molecule has 2 N–H and O–H groups in total. The van der Waals surface area contributed by atoms with Crippen molar-refractivity contribution in [1.82, 2.24) is 15.6 Å². The zero-order valence-electron chi connectivity index (χ0n) is 12.2. The fourth-order valence-corrected chi connectivity index (χ4v) is 2.36. The Morgan fingerprint density at radius 2 is 2.35 bits per heavy atom. The highest BCUT2D eigenvalue weighted by molar-refractivity contribution is 5.79. The minimum atomic E-state index is -0.0938. The van der Waals surface area contributed by atoms with Gasteiger partial charge in [0.15, 0.2) is 0 Å². The average molecular weight is 277 g/mol. The largest absolute Gasteiger partial charge is 0.379 e. The van der Waals surface area contributed by atoms with Gasteiger partial charge in [0.05, 0.1) is 19.1 Å². The first kappa shape index (κ1) is 14.9. The summed E-state index contributed by atoms with van der Waals surface area (Å²) >= 11 is 0. The Kier molecular flexibility index (Phi) is 5.49. The zero-order chi connectivity index (χ0) is 14.4. The second-order valence-corrected chi connectivity index (χ2v) is 5.22. The van der Waals surface area contributed by atoms with Gasteiger partial charge in [-0.2, -0.15) is 0 Å². The molecule has 1 saturated heterocycles. The SMILES string of the molecule is CCCNC1COCC1C(=O)NCc1ccncc1C. The van der Waals surface area contributed by atoms with Crippen molar-refractivity contribution in [3.63, 3.8) is 0 Å². The van der Waals surface area contributed by atoms with E-state index >= 15 is 0 Å². The normalized spacial score (nSPS) is 21.9. The minimum absolute atomic E-state index is 0.0623. The summed E-state index contributed by atoms with van der Waals surface area (Å²) in [6.45, 7) is 6.70. The van der Waals surface area contributed by atoms with Gasteiger partial charge in [0, 0.05) is 25.0 Å². The maximum Gasteiger partial charge on any atom is 0.227 e. The Bertz CT molecular complexity index is 450. The highest BCUT2D eigenvalue weighted by atomic mass is 16.5. The zero-order valence-corrected chi connectivity index (χ0v) is 12.2. The lowest BCUT2D eigenvalue weighted by atomic mass is 10.0. The number of pyridine rings is 1.